The average Bonchev–Trinajstić information content (AvgIpc) is 2.46. The van der Waals surface area contributed by atoms with E-state index in [1.54, 1.807) is 0 Å². The molecule has 4 nitrogen and oxygen atoms in total. The molecule has 0 saturated heterocycles. The smallest absolute Gasteiger partial charge is 0.335 e. The molecule has 1 aromatic carbocycles. The lowest BCUT2D eigenvalue weighted by atomic mass is 9.98. The van der Waals surface area contributed by atoms with E-state index in [0.29, 0.717) is 18.4 Å². The van der Waals surface area contributed by atoms with Gasteiger partial charge in [0.25, 0.3) is 0 Å². The summed E-state index contributed by atoms with van der Waals surface area (Å²) in [4.78, 5) is 22.1. The predicted molar refractivity (Wildman–Crippen MR) is 91.9 cm³/mol. The van der Waals surface area contributed by atoms with Crippen LogP contribution in [-0.4, -0.2) is 22.2 Å². The van der Waals surface area contributed by atoms with Crippen LogP contribution in [0.25, 0.3) is 0 Å². The van der Waals surface area contributed by atoms with E-state index in [2.05, 4.69) is 22.5 Å². The highest BCUT2D eigenvalue weighted by atomic mass is 79.9. The van der Waals surface area contributed by atoms with E-state index in [1.165, 1.54) is 18.2 Å². The molecule has 0 aliphatic rings. The Balaban J connectivity index is 0.00000211. The Morgan fingerprint density at radius 1 is 1.23 bits per heavy atom. The van der Waals surface area contributed by atoms with Crippen LogP contribution in [0.15, 0.2) is 40.9 Å². The number of allylic oxidation sites excluding steroid dienone is 3. The summed E-state index contributed by atoms with van der Waals surface area (Å²) in [5.41, 5.74) is 1.56. The maximum Gasteiger partial charge on any atom is 0.335 e. The molecule has 0 spiro atoms. The molecule has 0 heterocycles. The zero-order valence-corrected chi connectivity index (χ0v) is 14.6. The third kappa shape index (κ3) is 6.72. The molecule has 0 fully saturated rings. The third-order valence-corrected chi connectivity index (χ3v) is 2.93. The first kappa shape index (κ1) is 20.1. The topological polar surface area (TPSA) is 74.6 Å². The van der Waals surface area contributed by atoms with Crippen molar-refractivity contribution < 1.29 is 19.8 Å². The summed E-state index contributed by atoms with van der Waals surface area (Å²) < 4.78 is 0.931. The van der Waals surface area contributed by atoms with Gasteiger partial charge in [-0.3, -0.25) is 0 Å². The minimum atomic E-state index is -1.07. The van der Waals surface area contributed by atoms with Gasteiger partial charge in [0.15, 0.2) is 0 Å². The molecule has 2 N–H and O–H groups in total. The highest BCUT2D eigenvalue weighted by Crippen LogP contribution is 2.18. The number of hydrogen-bond donors (Lipinski definition) is 2. The van der Waals surface area contributed by atoms with Crippen molar-refractivity contribution in [3.63, 3.8) is 0 Å². The summed E-state index contributed by atoms with van der Waals surface area (Å²) in [5, 5.41) is 18.1. The Morgan fingerprint density at radius 3 is 2.27 bits per heavy atom. The summed E-state index contributed by atoms with van der Waals surface area (Å²) in [5.74, 6) is -2.13. The van der Waals surface area contributed by atoms with Crippen LogP contribution in [-0.2, 0) is 6.42 Å². The van der Waals surface area contributed by atoms with E-state index in [0.717, 1.165) is 10.1 Å². The number of carboxylic acids is 2. The molecular formula is C17H21BrO4. The first-order valence-corrected chi connectivity index (χ1v) is 7.71. The Bertz CT molecular complexity index is 584. The number of aromatic carboxylic acids is 2. The molecule has 1 aromatic rings. The normalized spacial score (nSPS) is 10.5. The predicted octanol–water partition coefficient (Wildman–Crippen LogP) is 4.90. The molecule has 0 atom stereocenters. The molecule has 22 heavy (non-hydrogen) atoms. The molecular weight excluding hydrogens is 348 g/mol. The number of benzene rings is 1. The van der Waals surface area contributed by atoms with Crippen molar-refractivity contribution in [2.45, 2.75) is 33.6 Å². The highest BCUT2D eigenvalue weighted by molar-refractivity contribution is 9.11. The van der Waals surface area contributed by atoms with Gasteiger partial charge in [0, 0.05) is 0 Å². The zero-order valence-electron chi connectivity index (χ0n) is 13.0. The fraction of sp³-hybridized carbons (Fsp3) is 0.294. The number of hydrogen-bond acceptors (Lipinski definition) is 2. The molecule has 5 heteroatoms. The van der Waals surface area contributed by atoms with Gasteiger partial charge in [0.2, 0.25) is 0 Å². The van der Waals surface area contributed by atoms with Gasteiger partial charge in [0.1, 0.15) is 0 Å². The van der Waals surface area contributed by atoms with Crippen molar-refractivity contribution >= 4 is 27.9 Å². The van der Waals surface area contributed by atoms with Crippen LogP contribution < -0.4 is 0 Å². The molecule has 0 amide bonds. The maximum absolute atomic E-state index is 11.1. The number of carboxylic acid groups (broad SMARTS) is 2. The van der Waals surface area contributed by atoms with E-state index < -0.39 is 11.9 Å². The van der Waals surface area contributed by atoms with Crippen LogP contribution in [0, 0.1) is 0 Å². The Labute approximate surface area is 139 Å². The number of aryl methyl sites for hydroxylation is 1. The van der Waals surface area contributed by atoms with Crippen LogP contribution in [0.5, 0.6) is 0 Å². The first-order valence-electron chi connectivity index (χ1n) is 6.92. The fourth-order valence-electron chi connectivity index (χ4n) is 1.79. The van der Waals surface area contributed by atoms with Gasteiger partial charge in [-0.1, -0.05) is 41.9 Å². The molecule has 0 aliphatic carbocycles. The van der Waals surface area contributed by atoms with Gasteiger partial charge in [-0.25, -0.2) is 9.59 Å². The first-order chi connectivity index (χ1) is 10.3. The summed E-state index contributed by atoms with van der Waals surface area (Å²) in [6, 6.07) is 4.03. The Kier molecular flexibility index (Phi) is 9.10. The van der Waals surface area contributed by atoms with Crippen molar-refractivity contribution in [1.82, 2.24) is 0 Å². The second-order valence-corrected chi connectivity index (χ2v) is 5.62. The molecule has 0 radical (unpaired) electrons. The minimum absolute atomic E-state index is 0.0860. The molecule has 0 aromatic heterocycles. The van der Waals surface area contributed by atoms with Crippen molar-refractivity contribution in [2.75, 3.05) is 0 Å². The lowest BCUT2D eigenvalue weighted by Crippen LogP contribution is -2.06. The number of rotatable bonds is 6. The van der Waals surface area contributed by atoms with Gasteiger partial charge in [-0.05, 0) is 54.1 Å². The SMILES string of the molecule is C=C(/C=C(\C)Br)CCc1cc(C(=O)O)ccc1C(=O)O.CC. The van der Waals surface area contributed by atoms with Gasteiger partial charge in [-0.15, -0.1) is 0 Å². The minimum Gasteiger partial charge on any atom is -0.478 e. The molecule has 0 unspecified atom stereocenters. The van der Waals surface area contributed by atoms with Crippen molar-refractivity contribution in [1.29, 1.82) is 0 Å². The van der Waals surface area contributed by atoms with Gasteiger partial charge >= 0.3 is 11.9 Å². The van der Waals surface area contributed by atoms with Crippen LogP contribution in [0.2, 0.25) is 0 Å². The summed E-state index contributed by atoms with van der Waals surface area (Å²) in [6.45, 7) is 9.75. The van der Waals surface area contributed by atoms with Crippen LogP contribution in [0.3, 0.4) is 0 Å². The summed E-state index contributed by atoms with van der Waals surface area (Å²) >= 11 is 3.30. The molecule has 120 valence electrons. The fourth-order valence-corrected chi connectivity index (χ4v) is 2.11. The lowest BCUT2D eigenvalue weighted by molar-refractivity contribution is 0.0680. The van der Waals surface area contributed by atoms with E-state index in [4.69, 9.17) is 10.2 Å². The molecule has 0 aliphatic heterocycles. The van der Waals surface area contributed by atoms with Crippen LogP contribution in [0.4, 0.5) is 0 Å². The standard InChI is InChI=1S/C15H15BrO4.C2H6/c1-9(7-10(2)16)3-4-11-8-12(14(17)18)5-6-13(11)15(19)20;1-2/h5-8H,1,3-4H2,2H3,(H,17,18)(H,19,20);1-2H3/b10-7+;. The monoisotopic (exact) mass is 368 g/mol. The molecule has 1 rings (SSSR count). The zero-order chi connectivity index (χ0) is 17.3. The van der Waals surface area contributed by atoms with Gasteiger partial charge in [0.05, 0.1) is 11.1 Å². The van der Waals surface area contributed by atoms with E-state index in [9.17, 15) is 9.59 Å². The van der Waals surface area contributed by atoms with E-state index in [1.807, 2.05) is 26.8 Å². The van der Waals surface area contributed by atoms with Crippen molar-refractivity contribution in [2.24, 2.45) is 0 Å². The van der Waals surface area contributed by atoms with Crippen molar-refractivity contribution in [3.8, 4) is 0 Å². The Morgan fingerprint density at radius 2 is 1.82 bits per heavy atom. The Hall–Kier alpha value is -1.88. The van der Waals surface area contributed by atoms with Crippen molar-refractivity contribution in [3.05, 3.63) is 57.6 Å². The summed E-state index contributed by atoms with van der Waals surface area (Å²) in [6.07, 6.45) is 2.84. The lowest BCUT2D eigenvalue weighted by Gasteiger charge is -2.08. The third-order valence-electron chi connectivity index (χ3n) is 2.70. The quantitative estimate of drug-likeness (QED) is 0.700. The van der Waals surface area contributed by atoms with Crippen LogP contribution >= 0.6 is 15.9 Å². The number of carbonyl (C=O) groups is 2. The maximum atomic E-state index is 11.1. The van der Waals surface area contributed by atoms with Crippen LogP contribution in [0.1, 0.15) is 53.5 Å². The number of halogens is 1. The summed E-state index contributed by atoms with van der Waals surface area (Å²) in [7, 11) is 0. The molecule has 0 saturated carbocycles. The average molecular weight is 369 g/mol. The second-order valence-electron chi connectivity index (χ2n) is 4.37. The van der Waals surface area contributed by atoms with Gasteiger partial charge < -0.3 is 10.2 Å². The van der Waals surface area contributed by atoms with E-state index in [-0.39, 0.29) is 11.1 Å². The highest BCUT2D eigenvalue weighted by Gasteiger charge is 2.13. The molecule has 0 bridgehead atoms. The largest absolute Gasteiger partial charge is 0.478 e. The second kappa shape index (κ2) is 9.95. The van der Waals surface area contributed by atoms with E-state index >= 15 is 0 Å². The van der Waals surface area contributed by atoms with Gasteiger partial charge in [-0.2, -0.15) is 0 Å².